The summed E-state index contributed by atoms with van der Waals surface area (Å²) >= 11 is 5.89. The minimum absolute atomic E-state index is 0.0122. The van der Waals surface area contributed by atoms with E-state index in [2.05, 4.69) is 19.7 Å². The first kappa shape index (κ1) is 14.2. The summed E-state index contributed by atoms with van der Waals surface area (Å²) in [5.74, 6) is 0. The molecule has 0 aliphatic carbocycles. The molecule has 0 spiro atoms. The largest absolute Gasteiger partial charge is 0.294 e. The van der Waals surface area contributed by atoms with Gasteiger partial charge in [-0.3, -0.25) is 4.90 Å². The van der Waals surface area contributed by atoms with E-state index < -0.39 is 10.0 Å². The number of rotatable bonds is 4. The van der Waals surface area contributed by atoms with Gasteiger partial charge in [0.15, 0.2) is 11.0 Å². The standard InChI is InChI=1S/C10H13ClN4O3S/c1-6(15(2)3)14-19(16,17)8-5-4-7(11)9-10(8)13-18-12-9/h4-6,14H,1-3H3. The maximum atomic E-state index is 12.3. The van der Waals surface area contributed by atoms with E-state index in [0.29, 0.717) is 0 Å². The number of sulfonamides is 1. The molecule has 1 atom stereocenters. The van der Waals surface area contributed by atoms with Crippen LogP contribution in [0, 0.1) is 0 Å². The van der Waals surface area contributed by atoms with Crippen molar-refractivity contribution < 1.29 is 13.0 Å². The third kappa shape index (κ3) is 2.71. The smallest absolute Gasteiger partial charge is 0.244 e. The van der Waals surface area contributed by atoms with E-state index in [4.69, 9.17) is 11.6 Å². The average Bonchev–Trinajstić information content (AvgIpc) is 2.77. The Hall–Kier alpha value is -1.22. The Morgan fingerprint density at radius 1 is 1.32 bits per heavy atom. The molecule has 1 N–H and O–H groups in total. The van der Waals surface area contributed by atoms with Crippen LogP contribution in [0.2, 0.25) is 5.02 Å². The van der Waals surface area contributed by atoms with E-state index in [1.807, 2.05) is 0 Å². The van der Waals surface area contributed by atoms with Crippen molar-refractivity contribution >= 4 is 32.7 Å². The number of hydrogen-bond donors (Lipinski definition) is 1. The Morgan fingerprint density at radius 2 is 1.95 bits per heavy atom. The zero-order valence-electron chi connectivity index (χ0n) is 10.6. The molecule has 7 nitrogen and oxygen atoms in total. The summed E-state index contributed by atoms with van der Waals surface area (Å²) < 4.78 is 31.6. The molecule has 2 rings (SSSR count). The Kier molecular flexibility index (Phi) is 3.77. The lowest BCUT2D eigenvalue weighted by atomic mass is 10.3. The SMILES string of the molecule is CC(NS(=O)(=O)c1ccc(Cl)c2nonc12)N(C)C. The molecule has 0 radical (unpaired) electrons. The van der Waals surface area contributed by atoms with Crippen molar-refractivity contribution in [3.8, 4) is 0 Å². The van der Waals surface area contributed by atoms with Crippen LogP contribution in [0.3, 0.4) is 0 Å². The van der Waals surface area contributed by atoms with E-state index in [1.54, 1.807) is 25.9 Å². The Balaban J connectivity index is 2.49. The highest BCUT2D eigenvalue weighted by Crippen LogP contribution is 2.26. The van der Waals surface area contributed by atoms with Crippen LogP contribution in [0.1, 0.15) is 6.92 Å². The molecule has 0 amide bonds. The lowest BCUT2D eigenvalue weighted by Gasteiger charge is -2.20. The molecule has 104 valence electrons. The molecule has 0 fully saturated rings. The van der Waals surface area contributed by atoms with Gasteiger partial charge in [0, 0.05) is 0 Å². The fourth-order valence-corrected chi connectivity index (χ4v) is 3.03. The third-order valence-electron chi connectivity index (χ3n) is 2.72. The molecular formula is C10H13ClN4O3S. The van der Waals surface area contributed by atoms with Crippen molar-refractivity contribution in [2.24, 2.45) is 0 Å². The van der Waals surface area contributed by atoms with E-state index in [1.165, 1.54) is 12.1 Å². The minimum Gasteiger partial charge on any atom is -0.294 e. The summed E-state index contributed by atoms with van der Waals surface area (Å²) in [6, 6.07) is 2.82. The zero-order chi connectivity index (χ0) is 14.2. The third-order valence-corrected chi connectivity index (χ3v) is 4.58. The van der Waals surface area contributed by atoms with E-state index in [-0.39, 0.29) is 27.1 Å². The molecule has 0 aliphatic rings. The van der Waals surface area contributed by atoms with Crippen LogP contribution in [-0.2, 0) is 10.0 Å². The van der Waals surface area contributed by atoms with Gasteiger partial charge in [-0.25, -0.2) is 13.0 Å². The topological polar surface area (TPSA) is 88.3 Å². The van der Waals surface area contributed by atoms with Gasteiger partial charge >= 0.3 is 0 Å². The molecule has 2 aromatic rings. The van der Waals surface area contributed by atoms with Crippen LogP contribution in [0.15, 0.2) is 21.7 Å². The van der Waals surface area contributed by atoms with Gasteiger partial charge in [-0.05, 0) is 43.5 Å². The van der Waals surface area contributed by atoms with Gasteiger partial charge in [-0.15, -0.1) is 0 Å². The van der Waals surface area contributed by atoms with E-state index in [9.17, 15) is 8.42 Å². The van der Waals surface area contributed by atoms with Crippen LogP contribution in [0.5, 0.6) is 0 Å². The van der Waals surface area contributed by atoms with Crippen LogP contribution < -0.4 is 4.72 Å². The number of benzene rings is 1. The summed E-state index contributed by atoms with van der Waals surface area (Å²) in [6.45, 7) is 1.73. The minimum atomic E-state index is -3.73. The van der Waals surface area contributed by atoms with Gasteiger partial charge < -0.3 is 0 Å². The predicted octanol–water partition coefficient (Wildman–Crippen LogP) is 1.06. The highest BCUT2D eigenvalue weighted by atomic mass is 35.5. The van der Waals surface area contributed by atoms with Crippen LogP contribution in [0.25, 0.3) is 11.0 Å². The van der Waals surface area contributed by atoms with Gasteiger partial charge in [-0.1, -0.05) is 11.6 Å². The van der Waals surface area contributed by atoms with Gasteiger partial charge in [0.25, 0.3) is 0 Å². The molecule has 0 aliphatic heterocycles. The number of halogens is 1. The van der Waals surface area contributed by atoms with Crippen molar-refractivity contribution in [3.05, 3.63) is 17.2 Å². The molecular weight excluding hydrogens is 292 g/mol. The number of nitrogens with one attached hydrogen (secondary N) is 1. The maximum absolute atomic E-state index is 12.3. The Morgan fingerprint density at radius 3 is 2.58 bits per heavy atom. The second-order valence-corrected chi connectivity index (χ2v) is 6.36. The number of aromatic nitrogens is 2. The van der Waals surface area contributed by atoms with Crippen molar-refractivity contribution in [2.75, 3.05) is 14.1 Å². The van der Waals surface area contributed by atoms with Gasteiger partial charge in [0.2, 0.25) is 10.0 Å². The van der Waals surface area contributed by atoms with Crippen molar-refractivity contribution in [1.82, 2.24) is 19.9 Å². The monoisotopic (exact) mass is 304 g/mol. The second-order valence-electron chi connectivity index (χ2n) is 4.27. The summed E-state index contributed by atoms with van der Waals surface area (Å²) in [6.07, 6.45) is -0.365. The fourth-order valence-electron chi connectivity index (χ4n) is 1.42. The van der Waals surface area contributed by atoms with Crippen LogP contribution >= 0.6 is 11.6 Å². The first-order chi connectivity index (χ1) is 8.83. The molecule has 1 aromatic carbocycles. The molecule has 1 unspecified atom stereocenters. The molecule has 1 aromatic heterocycles. The highest BCUT2D eigenvalue weighted by molar-refractivity contribution is 7.89. The number of nitrogens with zero attached hydrogens (tertiary/aromatic N) is 3. The normalized spacial score (nSPS) is 14.2. The summed E-state index contributed by atoms with van der Waals surface area (Å²) in [5, 5.41) is 7.47. The molecule has 0 bridgehead atoms. The zero-order valence-corrected chi connectivity index (χ0v) is 12.2. The second kappa shape index (κ2) is 5.04. The number of hydrogen-bond acceptors (Lipinski definition) is 6. The summed E-state index contributed by atoms with van der Waals surface area (Å²) in [4.78, 5) is 1.72. The van der Waals surface area contributed by atoms with E-state index >= 15 is 0 Å². The van der Waals surface area contributed by atoms with Crippen molar-refractivity contribution in [3.63, 3.8) is 0 Å². The van der Waals surface area contributed by atoms with Gasteiger partial charge in [0.1, 0.15) is 4.90 Å². The van der Waals surface area contributed by atoms with Gasteiger partial charge in [-0.2, -0.15) is 4.72 Å². The Labute approximate surface area is 115 Å². The quantitative estimate of drug-likeness (QED) is 0.850. The molecule has 9 heteroatoms. The maximum Gasteiger partial charge on any atom is 0.244 e. The number of fused-ring (bicyclic) bond motifs is 1. The summed E-state index contributed by atoms with van der Waals surface area (Å²) in [5.41, 5.74) is 0.341. The molecule has 1 heterocycles. The average molecular weight is 305 g/mol. The fraction of sp³-hybridized carbons (Fsp3) is 0.400. The first-order valence-corrected chi connectivity index (χ1v) is 7.28. The first-order valence-electron chi connectivity index (χ1n) is 5.42. The lowest BCUT2D eigenvalue weighted by Crippen LogP contribution is -2.42. The molecule has 0 saturated heterocycles. The Bertz CT molecular complexity index is 698. The molecule has 19 heavy (non-hydrogen) atoms. The summed E-state index contributed by atoms with van der Waals surface area (Å²) in [7, 11) is -0.198. The van der Waals surface area contributed by atoms with Crippen LogP contribution in [0.4, 0.5) is 0 Å². The van der Waals surface area contributed by atoms with Crippen LogP contribution in [-0.4, -0.2) is 43.9 Å². The highest BCUT2D eigenvalue weighted by Gasteiger charge is 2.24. The lowest BCUT2D eigenvalue weighted by molar-refractivity contribution is 0.298. The van der Waals surface area contributed by atoms with Crippen molar-refractivity contribution in [2.45, 2.75) is 18.0 Å². The predicted molar refractivity (Wildman–Crippen MR) is 70.3 cm³/mol. The molecule has 0 saturated carbocycles. The van der Waals surface area contributed by atoms with Crippen molar-refractivity contribution in [1.29, 1.82) is 0 Å². The van der Waals surface area contributed by atoms with E-state index in [0.717, 1.165) is 0 Å². The van der Waals surface area contributed by atoms with Gasteiger partial charge in [0.05, 0.1) is 11.2 Å².